The normalized spacial score (nSPS) is 11.1. The number of aryl methyl sites for hydroxylation is 2. The molecule has 5 rings (SSSR count). The standard InChI is InChI=1S/C31H34FN11S/c1-20-8-3-5-10-24(20)35-30-39-26(37-28(33)41-30)18-43(16-7-17-44-23-14-12-22(32)13-15-23)19-27-38-29(34)42-31(40-27)36-25-11-6-4-9-21(25)2/h3-6,8-15H,7,16-19H2,1-2H3,(H3,33,35,37,39,41)(H3,34,36,38,40,42). The number of anilines is 6. The second-order valence-corrected chi connectivity index (χ2v) is 11.3. The first-order valence-corrected chi connectivity index (χ1v) is 15.1. The highest BCUT2D eigenvalue weighted by Crippen LogP contribution is 2.22. The van der Waals surface area contributed by atoms with Crippen molar-refractivity contribution in [3.8, 4) is 0 Å². The summed E-state index contributed by atoms with van der Waals surface area (Å²) in [6.07, 6.45) is 0.825. The zero-order valence-electron chi connectivity index (χ0n) is 24.5. The van der Waals surface area contributed by atoms with Crippen LogP contribution in [-0.2, 0) is 13.1 Å². The smallest absolute Gasteiger partial charge is 0.232 e. The van der Waals surface area contributed by atoms with Crippen molar-refractivity contribution in [2.75, 3.05) is 34.4 Å². The summed E-state index contributed by atoms with van der Waals surface area (Å²) in [6, 6.07) is 22.2. The molecule has 0 atom stereocenters. The fraction of sp³-hybridized carbons (Fsp3) is 0.226. The summed E-state index contributed by atoms with van der Waals surface area (Å²) in [5, 5.41) is 6.49. The minimum atomic E-state index is -0.249. The summed E-state index contributed by atoms with van der Waals surface area (Å²) < 4.78 is 13.3. The maximum Gasteiger partial charge on any atom is 0.232 e. The largest absolute Gasteiger partial charge is 0.368 e. The molecule has 2 heterocycles. The van der Waals surface area contributed by atoms with Gasteiger partial charge in [-0.05, 0) is 80.1 Å². The van der Waals surface area contributed by atoms with Crippen LogP contribution in [0.3, 0.4) is 0 Å². The van der Waals surface area contributed by atoms with Gasteiger partial charge in [-0.15, -0.1) is 11.8 Å². The lowest BCUT2D eigenvalue weighted by Gasteiger charge is -2.21. The van der Waals surface area contributed by atoms with E-state index in [2.05, 4.69) is 45.4 Å². The number of aromatic nitrogens is 6. The van der Waals surface area contributed by atoms with Crippen LogP contribution in [-0.4, -0.2) is 47.1 Å². The van der Waals surface area contributed by atoms with Crippen LogP contribution in [0.2, 0.25) is 0 Å². The Hall–Kier alpha value is -4.88. The number of nitrogens with one attached hydrogen (secondary N) is 2. The second kappa shape index (κ2) is 14.5. The van der Waals surface area contributed by atoms with Crippen LogP contribution in [0.15, 0.2) is 77.7 Å². The molecule has 0 aliphatic carbocycles. The van der Waals surface area contributed by atoms with Crippen LogP contribution >= 0.6 is 11.8 Å². The van der Waals surface area contributed by atoms with E-state index in [-0.39, 0.29) is 17.7 Å². The van der Waals surface area contributed by atoms with E-state index in [1.807, 2.05) is 62.4 Å². The Bertz CT molecular complexity index is 1600. The second-order valence-electron chi connectivity index (χ2n) is 10.1. The summed E-state index contributed by atoms with van der Waals surface area (Å²) in [7, 11) is 0. The van der Waals surface area contributed by atoms with Crippen molar-refractivity contribution >= 4 is 46.9 Å². The Morgan fingerprint density at radius 1 is 0.682 bits per heavy atom. The van der Waals surface area contributed by atoms with Crippen molar-refractivity contribution in [1.29, 1.82) is 0 Å². The van der Waals surface area contributed by atoms with E-state index >= 15 is 0 Å². The van der Waals surface area contributed by atoms with Crippen molar-refractivity contribution in [2.45, 2.75) is 38.3 Å². The molecule has 0 saturated heterocycles. The summed E-state index contributed by atoms with van der Waals surface area (Å²) >= 11 is 1.66. The molecule has 44 heavy (non-hydrogen) atoms. The Balaban J connectivity index is 1.33. The van der Waals surface area contributed by atoms with Crippen LogP contribution in [0.5, 0.6) is 0 Å². The number of nitrogens with two attached hydrogens (primary N) is 2. The fourth-order valence-electron chi connectivity index (χ4n) is 4.42. The highest BCUT2D eigenvalue weighted by molar-refractivity contribution is 7.99. The van der Waals surface area contributed by atoms with Gasteiger partial charge in [0.2, 0.25) is 23.8 Å². The SMILES string of the molecule is Cc1ccccc1Nc1nc(N)nc(CN(CCCSc2ccc(F)cc2)Cc2nc(N)nc(Nc3ccccc3C)n2)n1. The predicted molar refractivity (Wildman–Crippen MR) is 173 cm³/mol. The number of nitrogen functional groups attached to an aromatic ring is 2. The van der Waals surface area contributed by atoms with Gasteiger partial charge in [0.1, 0.15) is 17.5 Å². The Labute approximate surface area is 259 Å². The van der Waals surface area contributed by atoms with Gasteiger partial charge in [0.25, 0.3) is 0 Å². The predicted octanol–water partition coefficient (Wildman–Crippen LogP) is 5.65. The maximum absolute atomic E-state index is 13.3. The Morgan fingerprint density at radius 2 is 1.18 bits per heavy atom. The number of benzene rings is 3. The van der Waals surface area contributed by atoms with E-state index in [0.29, 0.717) is 43.2 Å². The monoisotopic (exact) mass is 611 g/mol. The van der Waals surface area contributed by atoms with E-state index in [1.54, 1.807) is 23.9 Å². The van der Waals surface area contributed by atoms with Crippen molar-refractivity contribution in [2.24, 2.45) is 0 Å². The Morgan fingerprint density at radius 3 is 1.68 bits per heavy atom. The zero-order chi connectivity index (χ0) is 30.9. The van der Waals surface area contributed by atoms with Crippen LogP contribution in [0.25, 0.3) is 0 Å². The molecule has 0 aliphatic rings. The number of rotatable bonds is 13. The maximum atomic E-state index is 13.3. The third kappa shape index (κ3) is 8.82. The molecule has 0 radical (unpaired) electrons. The molecule has 2 aromatic heterocycles. The van der Waals surface area contributed by atoms with E-state index < -0.39 is 0 Å². The van der Waals surface area contributed by atoms with Gasteiger partial charge in [0.05, 0.1) is 13.1 Å². The van der Waals surface area contributed by atoms with Gasteiger partial charge in [-0.25, -0.2) is 4.39 Å². The lowest BCUT2D eigenvalue weighted by molar-refractivity contribution is 0.245. The summed E-state index contributed by atoms with van der Waals surface area (Å²) in [4.78, 5) is 29.8. The highest BCUT2D eigenvalue weighted by Gasteiger charge is 2.15. The van der Waals surface area contributed by atoms with Gasteiger partial charge in [-0.1, -0.05) is 36.4 Å². The number of nitrogens with zero attached hydrogens (tertiary/aromatic N) is 7. The quantitative estimate of drug-likeness (QED) is 0.0960. The van der Waals surface area contributed by atoms with Gasteiger partial charge < -0.3 is 22.1 Å². The van der Waals surface area contributed by atoms with E-state index in [0.717, 1.165) is 39.6 Å². The van der Waals surface area contributed by atoms with Gasteiger partial charge in [0, 0.05) is 16.3 Å². The lowest BCUT2D eigenvalue weighted by Crippen LogP contribution is -2.27. The minimum absolute atomic E-state index is 0.118. The molecule has 0 amide bonds. The molecule has 0 aliphatic heterocycles. The number of hydrogen-bond acceptors (Lipinski definition) is 12. The third-order valence-electron chi connectivity index (χ3n) is 6.61. The topological polar surface area (TPSA) is 157 Å². The molecule has 0 spiro atoms. The molecule has 13 heteroatoms. The number of halogens is 1. The molecule has 0 bridgehead atoms. The number of para-hydroxylation sites is 2. The van der Waals surface area contributed by atoms with E-state index in [4.69, 9.17) is 11.5 Å². The van der Waals surface area contributed by atoms with Gasteiger partial charge in [0.15, 0.2) is 0 Å². The van der Waals surface area contributed by atoms with Gasteiger partial charge >= 0.3 is 0 Å². The molecule has 226 valence electrons. The first-order valence-electron chi connectivity index (χ1n) is 14.1. The van der Waals surface area contributed by atoms with Crippen LogP contribution < -0.4 is 22.1 Å². The zero-order valence-corrected chi connectivity index (χ0v) is 25.4. The third-order valence-corrected chi connectivity index (χ3v) is 7.71. The molecule has 0 fully saturated rings. The molecule has 3 aromatic carbocycles. The molecule has 0 unspecified atom stereocenters. The fourth-order valence-corrected chi connectivity index (χ4v) is 5.26. The Kier molecular flexibility index (Phi) is 10.1. The van der Waals surface area contributed by atoms with Gasteiger partial charge in [-0.2, -0.15) is 29.9 Å². The van der Waals surface area contributed by atoms with Crippen LogP contribution in [0.1, 0.15) is 29.2 Å². The number of hydrogen-bond donors (Lipinski definition) is 4. The lowest BCUT2D eigenvalue weighted by atomic mass is 10.2. The van der Waals surface area contributed by atoms with Crippen molar-refractivity contribution in [1.82, 2.24) is 34.8 Å². The molecule has 0 saturated carbocycles. The molecule has 5 aromatic rings. The van der Waals surface area contributed by atoms with Gasteiger partial charge in [-0.3, -0.25) is 4.90 Å². The first kappa shape index (κ1) is 30.6. The molecular weight excluding hydrogens is 577 g/mol. The summed E-state index contributed by atoms with van der Waals surface area (Å²) in [6.45, 7) is 5.40. The van der Waals surface area contributed by atoms with Crippen LogP contribution in [0, 0.1) is 19.7 Å². The average Bonchev–Trinajstić information content (AvgIpc) is 2.98. The molecule has 6 N–H and O–H groups in total. The van der Waals surface area contributed by atoms with Crippen LogP contribution in [0.4, 0.5) is 39.6 Å². The summed E-state index contributed by atoms with van der Waals surface area (Å²) in [5.74, 6) is 2.53. The summed E-state index contributed by atoms with van der Waals surface area (Å²) in [5.41, 5.74) is 16.1. The highest BCUT2D eigenvalue weighted by atomic mass is 32.2. The molecular formula is C31H34FN11S. The number of thioether (sulfide) groups is 1. The van der Waals surface area contributed by atoms with Crippen molar-refractivity contribution in [3.05, 3.63) is 101 Å². The first-order chi connectivity index (χ1) is 21.3. The molecule has 11 nitrogen and oxygen atoms in total. The average molecular weight is 612 g/mol. The van der Waals surface area contributed by atoms with Crippen molar-refractivity contribution < 1.29 is 4.39 Å². The van der Waals surface area contributed by atoms with E-state index in [9.17, 15) is 4.39 Å². The van der Waals surface area contributed by atoms with E-state index in [1.165, 1.54) is 12.1 Å². The van der Waals surface area contributed by atoms with Crippen molar-refractivity contribution in [3.63, 3.8) is 0 Å². The minimum Gasteiger partial charge on any atom is -0.368 e.